The third-order valence-corrected chi connectivity index (χ3v) is 5.22. The second kappa shape index (κ2) is 6.69. The van der Waals surface area contributed by atoms with Gasteiger partial charge in [-0.25, -0.2) is 4.79 Å². The van der Waals surface area contributed by atoms with E-state index in [9.17, 15) is 14.4 Å². The Kier molecular flexibility index (Phi) is 4.68. The first-order valence-corrected chi connectivity index (χ1v) is 9.08. The molecule has 1 aromatic carbocycles. The summed E-state index contributed by atoms with van der Waals surface area (Å²) in [4.78, 5) is 38.8. The number of imide groups is 1. The van der Waals surface area contributed by atoms with Crippen LogP contribution in [0.25, 0.3) is 0 Å². The molecule has 1 aliphatic heterocycles. The molecule has 7 nitrogen and oxygen atoms in total. The highest BCUT2D eigenvalue weighted by molar-refractivity contribution is 6.10. The summed E-state index contributed by atoms with van der Waals surface area (Å²) in [5.41, 5.74) is 0.0280. The fourth-order valence-corrected chi connectivity index (χ4v) is 4.62. The van der Waals surface area contributed by atoms with Crippen LogP contribution in [0.2, 0.25) is 0 Å². The van der Waals surface area contributed by atoms with Crippen LogP contribution in [0.15, 0.2) is 24.3 Å². The number of nitrogens with one attached hydrogen (secondary N) is 2. The number of anilines is 1. The Hall–Kier alpha value is -2.88. The molecule has 4 amide bonds. The molecule has 0 radical (unpaired) electrons. The van der Waals surface area contributed by atoms with E-state index in [-0.39, 0.29) is 17.9 Å². The van der Waals surface area contributed by atoms with Gasteiger partial charge in [0.2, 0.25) is 5.91 Å². The van der Waals surface area contributed by atoms with Crippen LogP contribution >= 0.6 is 0 Å². The smallest absolute Gasteiger partial charge is 0.325 e. The van der Waals surface area contributed by atoms with Gasteiger partial charge in [0.25, 0.3) is 5.91 Å². The highest BCUT2D eigenvalue weighted by Crippen LogP contribution is 2.46. The molecule has 0 aromatic heterocycles. The SMILES string of the molecule is C[C@@H]1CC(C)(C)C[C@@]2(C1)NC(=O)N(CC(=O)Nc1ccc(C#N)cc1)C2=O. The largest absolute Gasteiger partial charge is 0.325 e. The number of hydrogen-bond donors (Lipinski definition) is 2. The topological polar surface area (TPSA) is 102 Å². The maximum Gasteiger partial charge on any atom is 0.325 e. The highest BCUT2D eigenvalue weighted by Gasteiger charge is 2.56. The van der Waals surface area contributed by atoms with Crippen LogP contribution in [0.1, 0.15) is 45.6 Å². The third-order valence-electron chi connectivity index (χ3n) is 5.22. The van der Waals surface area contributed by atoms with Crippen molar-refractivity contribution < 1.29 is 14.4 Å². The summed E-state index contributed by atoms with van der Waals surface area (Å²) in [6, 6.07) is 7.88. The van der Waals surface area contributed by atoms with E-state index in [0.717, 1.165) is 11.3 Å². The van der Waals surface area contributed by atoms with Crippen LogP contribution in [-0.4, -0.2) is 34.8 Å². The van der Waals surface area contributed by atoms with Crippen molar-refractivity contribution in [2.75, 3.05) is 11.9 Å². The first-order chi connectivity index (χ1) is 12.6. The summed E-state index contributed by atoms with van der Waals surface area (Å²) in [5.74, 6) is -0.462. The Balaban J connectivity index is 1.70. The minimum atomic E-state index is -0.910. The zero-order valence-electron chi connectivity index (χ0n) is 15.8. The van der Waals surface area contributed by atoms with Crippen LogP contribution in [0.5, 0.6) is 0 Å². The number of rotatable bonds is 3. The summed E-state index contributed by atoms with van der Waals surface area (Å²) in [7, 11) is 0. The molecule has 3 rings (SSSR count). The second-order valence-corrected chi connectivity index (χ2v) is 8.50. The molecule has 1 heterocycles. The quantitative estimate of drug-likeness (QED) is 0.801. The van der Waals surface area contributed by atoms with Crippen molar-refractivity contribution in [3.8, 4) is 6.07 Å². The van der Waals surface area contributed by atoms with Crippen molar-refractivity contribution >= 4 is 23.5 Å². The first kappa shape index (κ1) is 18.9. The van der Waals surface area contributed by atoms with E-state index in [1.807, 2.05) is 6.07 Å². The zero-order chi connectivity index (χ0) is 19.8. The lowest BCUT2D eigenvalue weighted by Gasteiger charge is -2.43. The van der Waals surface area contributed by atoms with Gasteiger partial charge in [0.1, 0.15) is 12.1 Å². The molecule has 1 aliphatic carbocycles. The fraction of sp³-hybridized carbons (Fsp3) is 0.500. The molecule has 0 bridgehead atoms. The van der Waals surface area contributed by atoms with Gasteiger partial charge in [-0.05, 0) is 54.9 Å². The molecule has 1 saturated carbocycles. The van der Waals surface area contributed by atoms with Crippen LogP contribution in [0.3, 0.4) is 0 Å². The monoisotopic (exact) mass is 368 g/mol. The van der Waals surface area contributed by atoms with Gasteiger partial charge in [0.05, 0.1) is 11.6 Å². The number of amides is 4. The molecule has 2 aliphatic rings. The van der Waals surface area contributed by atoms with E-state index in [0.29, 0.717) is 30.0 Å². The Morgan fingerprint density at radius 3 is 2.56 bits per heavy atom. The molecule has 142 valence electrons. The van der Waals surface area contributed by atoms with Crippen molar-refractivity contribution in [1.82, 2.24) is 10.2 Å². The van der Waals surface area contributed by atoms with Gasteiger partial charge in [0.15, 0.2) is 0 Å². The van der Waals surface area contributed by atoms with Gasteiger partial charge in [0, 0.05) is 5.69 Å². The summed E-state index contributed by atoms with van der Waals surface area (Å²) >= 11 is 0. The number of benzene rings is 1. The van der Waals surface area contributed by atoms with Crippen LogP contribution < -0.4 is 10.6 Å². The molecule has 7 heteroatoms. The van der Waals surface area contributed by atoms with Gasteiger partial charge in [-0.2, -0.15) is 5.26 Å². The molecule has 0 unspecified atom stereocenters. The van der Waals surface area contributed by atoms with Crippen molar-refractivity contribution in [2.45, 2.75) is 45.6 Å². The Bertz CT molecular complexity index is 825. The van der Waals surface area contributed by atoms with E-state index in [4.69, 9.17) is 5.26 Å². The average Bonchev–Trinajstić information content (AvgIpc) is 2.77. The molecule has 1 spiro atoms. The van der Waals surface area contributed by atoms with Crippen LogP contribution in [0, 0.1) is 22.7 Å². The van der Waals surface area contributed by atoms with Gasteiger partial charge >= 0.3 is 6.03 Å². The molecular formula is C20H24N4O3. The molecular weight excluding hydrogens is 344 g/mol. The predicted molar refractivity (Wildman–Crippen MR) is 99.6 cm³/mol. The zero-order valence-corrected chi connectivity index (χ0v) is 15.8. The number of hydrogen-bond acceptors (Lipinski definition) is 4. The van der Waals surface area contributed by atoms with Crippen LogP contribution in [-0.2, 0) is 9.59 Å². The lowest BCUT2D eigenvalue weighted by atomic mass is 9.64. The standard InChI is InChI=1S/C20H24N4O3/c1-13-8-19(2,3)12-20(9-13)17(26)24(18(27)23-20)11-16(25)22-15-6-4-14(10-21)5-7-15/h4-7,13H,8-9,11-12H2,1-3H3,(H,22,25)(H,23,27)/t13-,20-/m1/s1. The summed E-state index contributed by atoms with van der Waals surface area (Å²) in [6.45, 7) is 5.96. The van der Waals surface area contributed by atoms with Crippen LogP contribution in [0.4, 0.5) is 10.5 Å². The van der Waals surface area contributed by atoms with E-state index in [2.05, 4.69) is 31.4 Å². The molecule has 2 atom stereocenters. The molecule has 1 saturated heterocycles. The van der Waals surface area contributed by atoms with E-state index < -0.39 is 17.5 Å². The summed E-state index contributed by atoms with van der Waals surface area (Å²) in [5, 5.41) is 14.3. The van der Waals surface area contributed by atoms with E-state index in [1.54, 1.807) is 24.3 Å². The van der Waals surface area contributed by atoms with Crippen molar-refractivity contribution in [3.63, 3.8) is 0 Å². The number of nitrogens with zero attached hydrogens (tertiary/aromatic N) is 2. The van der Waals surface area contributed by atoms with Crippen molar-refractivity contribution in [2.24, 2.45) is 11.3 Å². The second-order valence-electron chi connectivity index (χ2n) is 8.50. The highest BCUT2D eigenvalue weighted by atomic mass is 16.2. The maximum absolute atomic E-state index is 13.0. The summed E-state index contributed by atoms with van der Waals surface area (Å²) < 4.78 is 0. The fourth-order valence-electron chi connectivity index (χ4n) is 4.62. The molecule has 2 N–H and O–H groups in total. The molecule has 27 heavy (non-hydrogen) atoms. The summed E-state index contributed by atoms with van der Waals surface area (Å²) in [6.07, 6.45) is 2.16. The maximum atomic E-state index is 13.0. The van der Waals surface area contributed by atoms with Gasteiger partial charge in [-0.3, -0.25) is 14.5 Å². The number of carbonyl (C=O) groups is 3. The number of carbonyl (C=O) groups excluding carboxylic acids is 3. The van der Waals surface area contributed by atoms with Crippen molar-refractivity contribution in [3.05, 3.63) is 29.8 Å². The number of urea groups is 1. The molecule has 1 aromatic rings. The molecule has 2 fully saturated rings. The van der Waals surface area contributed by atoms with Crippen molar-refractivity contribution in [1.29, 1.82) is 5.26 Å². The first-order valence-electron chi connectivity index (χ1n) is 9.08. The average molecular weight is 368 g/mol. The normalized spacial score (nSPS) is 26.6. The minimum Gasteiger partial charge on any atom is -0.325 e. The van der Waals surface area contributed by atoms with E-state index >= 15 is 0 Å². The third kappa shape index (κ3) is 3.80. The Morgan fingerprint density at radius 1 is 1.30 bits per heavy atom. The minimum absolute atomic E-state index is 0.0542. The van der Waals surface area contributed by atoms with E-state index in [1.165, 1.54) is 0 Å². The Morgan fingerprint density at radius 2 is 1.96 bits per heavy atom. The Labute approximate surface area is 158 Å². The van der Waals surface area contributed by atoms with Gasteiger partial charge in [-0.1, -0.05) is 20.8 Å². The van der Waals surface area contributed by atoms with Gasteiger partial charge in [-0.15, -0.1) is 0 Å². The lowest BCUT2D eigenvalue weighted by Crippen LogP contribution is -2.54. The predicted octanol–water partition coefficient (Wildman–Crippen LogP) is 2.63. The number of nitriles is 1. The lowest BCUT2D eigenvalue weighted by molar-refractivity contribution is -0.136. The van der Waals surface area contributed by atoms with Gasteiger partial charge < -0.3 is 10.6 Å².